The third-order valence-corrected chi connectivity index (χ3v) is 5.95. The van der Waals surface area contributed by atoms with Crippen molar-refractivity contribution >= 4 is 17.2 Å². The van der Waals surface area contributed by atoms with E-state index in [1.807, 2.05) is 11.6 Å². The Balaban J connectivity index is 1.54. The molecule has 0 radical (unpaired) electrons. The molecule has 20 heavy (non-hydrogen) atoms. The summed E-state index contributed by atoms with van der Waals surface area (Å²) in [7, 11) is 0. The molecule has 4 rings (SSSR count). The lowest BCUT2D eigenvalue weighted by molar-refractivity contribution is -0.137. The van der Waals surface area contributed by atoms with Gasteiger partial charge in [-0.25, -0.2) is 4.98 Å². The fraction of sp³-hybridized carbons (Fsp3) is 0.733. The van der Waals surface area contributed by atoms with Crippen molar-refractivity contribution in [3.63, 3.8) is 0 Å². The van der Waals surface area contributed by atoms with Gasteiger partial charge in [0, 0.05) is 30.7 Å². The Morgan fingerprint density at radius 1 is 1.35 bits per heavy atom. The number of hydrogen-bond donors (Lipinski definition) is 0. The van der Waals surface area contributed by atoms with Gasteiger partial charge >= 0.3 is 0 Å². The Labute approximate surface area is 123 Å². The van der Waals surface area contributed by atoms with Crippen LogP contribution in [0.25, 0.3) is 0 Å². The number of rotatable bonds is 3. The lowest BCUT2D eigenvalue weighted by atomic mass is 9.97. The van der Waals surface area contributed by atoms with Crippen molar-refractivity contribution in [3.8, 4) is 0 Å². The van der Waals surface area contributed by atoms with Crippen LogP contribution in [-0.2, 0) is 11.3 Å². The van der Waals surface area contributed by atoms with E-state index in [9.17, 15) is 4.79 Å². The molecular weight excluding hydrogens is 270 g/mol. The lowest BCUT2D eigenvalue weighted by Crippen LogP contribution is -2.50. The summed E-state index contributed by atoms with van der Waals surface area (Å²) in [5.74, 6) is 0.985. The standard InChI is InChI=1S/C15H21N3OS/c19-15(17-6-1-2-7-17)14-11-3-4-12(9-11)18(14)10-13-16-5-8-20-13/h5,8,11-12,14H,1-4,6-7,9-10H2/t11?,12?,14-/m0/s1. The Morgan fingerprint density at radius 3 is 2.95 bits per heavy atom. The summed E-state index contributed by atoms with van der Waals surface area (Å²) in [5, 5.41) is 3.18. The largest absolute Gasteiger partial charge is 0.341 e. The van der Waals surface area contributed by atoms with Crippen LogP contribution >= 0.6 is 11.3 Å². The monoisotopic (exact) mass is 291 g/mol. The normalized spacial score (nSPS) is 33.2. The fourth-order valence-electron chi connectivity index (χ4n) is 4.26. The number of fused-ring (bicyclic) bond motifs is 2. The summed E-state index contributed by atoms with van der Waals surface area (Å²) in [4.78, 5) is 21.8. The molecule has 3 atom stereocenters. The van der Waals surface area contributed by atoms with Gasteiger partial charge < -0.3 is 4.90 Å². The van der Waals surface area contributed by atoms with Crippen molar-refractivity contribution in [1.29, 1.82) is 0 Å². The van der Waals surface area contributed by atoms with Gasteiger partial charge in [-0.3, -0.25) is 9.69 Å². The first kappa shape index (κ1) is 12.8. The molecule has 1 amide bonds. The molecule has 108 valence electrons. The minimum Gasteiger partial charge on any atom is -0.341 e. The average molecular weight is 291 g/mol. The highest BCUT2D eigenvalue weighted by atomic mass is 32.1. The highest BCUT2D eigenvalue weighted by molar-refractivity contribution is 7.09. The van der Waals surface area contributed by atoms with Crippen LogP contribution in [0.15, 0.2) is 11.6 Å². The third-order valence-electron chi connectivity index (χ3n) is 5.19. The van der Waals surface area contributed by atoms with Gasteiger partial charge in [0.1, 0.15) is 5.01 Å². The van der Waals surface area contributed by atoms with Crippen LogP contribution in [0.2, 0.25) is 0 Å². The SMILES string of the molecule is O=C([C@@H]1C2CCC(C2)N1Cc1nccs1)N1CCCC1. The van der Waals surface area contributed by atoms with Crippen molar-refractivity contribution in [2.45, 2.75) is 50.7 Å². The van der Waals surface area contributed by atoms with Gasteiger partial charge in [-0.2, -0.15) is 0 Å². The topological polar surface area (TPSA) is 36.4 Å². The zero-order valence-corrected chi connectivity index (χ0v) is 12.5. The summed E-state index contributed by atoms with van der Waals surface area (Å²) in [6.45, 7) is 2.80. The highest BCUT2D eigenvalue weighted by Gasteiger charge is 2.50. The summed E-state index contributed by atoms with van der Waals surface area (Å²) in [5.41, 5.74) is 0. The molecule has 3 fully saturated rings. The van der Waals surface area contributed by atoms with Gasteiger partial charge in [-0.15, -0.1) is 11.3 Å². The molecule has 5 heteroatoms. The molecule has 0 N–H and O–H groups in total. The number of piperidine rings is 1. The fourth-order valence-corrected chi connectivity index (χ4v) is 4.88. The smallest absolute Gasteiger partial charge is 0.240 e. The molecule has 0 spiro atoms. The number of carbonyl (C=O) groups is 1. The van der Waals surface area contributed by atoms with E-state index in [0.717, 1.165) is 24.6 Å². The predicted octanol–water partition coefficient (Wildman–Crippen LogP) is 2.12. The number of thiazole rings is 1. The predicted molar refractivity (Wildman–Crippen MR) is 78.4 cm³/mol. The molecule has 2 aliphatic heterocycles. The van der Waals surface area contributed by atoms with E-state index in [1.165, 1.54) is 32.1 Å². The van der Waals surface area contributed by atoms with Gasteiger partial charge in [0.05, 0.1) is 12.6 Å². The van der Waals surface area contributed by atoms with Crippen LogP contribution in [0.5, 0.6) is 0 Å². The van der Waals surface area contributed by atoms with Gasteiger partial charge in [-0.05, 0) is 38.0 Å². The van der Waals surface area contributed by atoms with Crippen molar-refractivity contribution < 1.29 is 4.79 Å². The Kier molecular flexibility index (Phi) is 3.27. The van der Waals surface area contributed by atoms with Crippen molar-refractivity contribution in [1.82, 2.24) is 14.8 Å². The molecule has 1 aliphatic carbocycles. The molecule has 2 bridgehead atoms. The lowest BCUT2D eigenvalue weighted by Gasteiger charge is -2.35. The minimum absolute atomic E-state index is 0.135. The van der Waals surface area contributed by atoms with E-state index in [2.05, 4.69) is 14.8 Å². The molecule has 1 saturated carbocycles. The molecule has 2 saturated heterocycles. The summed E-state index contributed by atoms with van der Waals surface area (Å²) >= 11 is 1.71. The van der Waals surface area contributed by atoms with Crippen LogP contribution in [0.1, 0.15) is 37.1 Å². The van der Waals surface area contributed by atoms with Crippen LogP contribution in [0.4, 0.5) is 0 Å². The van der Waals surface area contributed by atoms with Crippen LogP contribution in [0, 0.1) is 5.92 Å². The zero-order chi connectivity index (χ0) is 13.5. The van der Waals surface area contributed by atoms with E-state index >= 15 is 0 Å². The van der Waals surface area contributed by atoms with E-state index < -0.39 is 0 Å². The quantitative estimate of drug-likeness (QED) is 0.856. The van der Waals surface area contributed by atoms with Crippen molar-refractivity contribution in [3.05, 3.63) is 16.6 Å². The van der Waals surface area contributed by atoms with E-state index in [0.29, 0.717) is 17.9 Å². The summed E-state index contributed by atoms with van der Waals surface area (Å²) < 4.78 is 0. The number of carbonyl (C=O) groups excluding carboxylic acids is 1. The third kappa shape index (κ3) is 2.07. The molecular formula is C15H21N3OS. The highest BCUT2D eigenvalue weighted by Crippen LogP contribution is 2.44. The van der Waals surface area contributed by atoms with Crippen molar-refractivity contribution in [2.75, 3.05) is 13.1 Å². The molecule has 1 aromatic heterocycles. The zero-order valence-electron chi connectivity index (χ0n) is 11.7. The van der Waals surface area contributed by atoms with Crippen molar-refractivity contribution in [2.24, 2.45) is 5.92 Å². The number of hydrogen-bond acceptors (Lipinski definition) is 4. The van der Waals surface area contributed by atoms with Gasteiger partial charge in [0.25, 0.3) is 0 Å². The first-order valence-electron chi connectivity index (χ1n) is 7.76. The summed E-state index contributed by atoms with van der Waals surface area (Å²) in [6, 6.07) is 0.746. The first-order valence-corrected chi connectivity index (χ1v) is 8.64. The molecule has 3 aliphatic rings. The Morgan fingerprint density at radius 2 is 2.20 bits per heavy atom. The van der Waals surface area contributed by atoms with Crippen LogP contribution in [0.3, 0.4) is 0 Å². The maximum atomic E-state index is 12.8. The van der Waals surface area contributed by atoms with Crippen LogP contribution < -0.4 is 0 Å². The number of amides is 1. The second-order valence-corrected chi connectivity index (χ2v) is 7.28. The maximum absolute atomic E-state index is 12.8. The van der Waals surface area contributed by atoms with E-state index in [-0.39, 0.29) is 6.04 Å². The van der Waals surface area contributed by atoms with Gasteiger partial charge in [-0.1, -0.05) is 0 Å². The summed E-state index contributed by atoms with van der Waals surface area (Å²) in [6.07, 6.45) is 7.95. The minimum atomic E-state index is 0.135. The van der Waals surface area contributed by atoms with E-state index in [4.69, 9.17) is 0 Å². The molecule has 0 aromatic carbocycles. The number of aromatic nitrogens is 1. The van der Waals surface area contributed by atoms with Crippen LogP contribution in [-0.4, -0.2) is 45.9 Å². The number of nitrogens with zero attached hydrogens (tertiary/aromatic N) is 3. The van der Waals surface area contributed by atoms with E-state index in [1.54, 1.807) is 11.3 Å². The van der Waals surface area contributed by atoms with Gasteiger partial charge in [0.2, 0.25) is 5.91 Å². The average Bonchev–Trinajstić information content (AvgIpc) is 3.23. The Hall–Kier alpha value is -0.940. The maximum Gasteiger partial charge on any atom is 0.240 e. The Bertz CT molecular complexity index is 483. The molecule has 1 aromatic rings. The molecule has 3 heterocycles. The molecule has 2 unspecified atom stereocenters. The molecule has 4 nitrogen and oxygen atoms in total. The first-order chi connectivity index (χ1) is 9.83. The number of likely N-dealkylation sites (tertiary alicyclic amines) is 2. The van der Waals surface area contributed by atoms with Gasteiger partial charge in [0.15, 0.2) is 0 Å². The second kappa shape index (κ2) is 5.11. The second-order valence-electron chi connectivity index (χ2n) is 6.30.